The molecule has 1 aliphatic rings. The topological polar surface area (TPSA) is 40.5 Å². The number of rotatable bonds is 6. The molecular formula is C16H23NO2. The van der Waals surface area contributed by atoms with Crippen molar-refractivity contribution in [1.82, 2.24) is 4.90 Å². The summed E-state index contributed by atoms with van der Waals surface area (Å²) in [6.45, 7) is 2.95. The van der Waals surface area contributed by atoms with E-state index in [1.165, 1.54) is 0 Å². The summed E-state index contributed by atoms with van der Waals surface area (Å²) in [5.74, 6) is 0.739. The van der Waals surface area contributed by atoms with Gasteiger partial charge in [-0.3, -0.25) is 9.69 Å². The van der Waals surface area contributed by atoms with Crippen LogP contribution in [0.3, 0.4) is 0 Å². The molecule has 1 aromatic rings. The molecule has 1 N–H and O–H groups in total. The van der Waals surface area contributed by atoms with Crippen LogP contribution in [0.2, 0.25) is 0 Å². The van der Waals surface area contributed by atoms with Gasteiger partial charge in [-0.05, 0) is 32.2 Å². The molecule has 1 unspecified atom stereocenters. The molecule has 0 bridgehead atoms. The normalized spacial score (nSPS) is 24.0. The second kappa shape index (κ2) is 6.31. The fourth-order valence-corrected chi connectivity index (χ4v) is 2.88. The SMILES string of the molecule is CCC(C(=O)c1ccccc1)N(C)CC1CC(O)C1. The summed E-state index contributed by atoms with van der Waals surface area (Å²) >= 11 is 0. The van der Waals surface area contributed by atoms with Crippen molar-refractivity contribution in [3.63, 3.8) is 0 Å². The molecule has 0 heterocycles. The largest absolute Gasteiger partial charge is 0.393 e. The van der Waals surface area contributed by atoms with Gasteiger partial charge in [0.15, 0.2) is 5.78 Å². The smallest absolute Gasteiger partial charge is 0.179 e. The third-order valence-corrected chi connectivity index (χ3v) is 4.04. The van der Waals surface area contributed by atoms with E-state index in [4.69, 9.17) is 0 Å². The Morgan fingerprint density at radius 3 is 2.53 bits per heavy atom. The lowest BCUT2D eigenvalue weighted by atomic mass is 9.82. The van der Waals surface area contributed by atoms with E-state index in [9.17, 15) is 9.90 Å². The highest BCUT2D eigenvalue weighted by Gasteiger charge is 2.31. The zero-order valence-electron chi connectivity index (χ0n) is 11.7. The quantitative estimate of drug-likeness (QED) is 0.799. The van der Waals surface area contributed by atoms with Crippen molar-refractivity contribution < 1.29 is 9.90 Å². The summed E-state index contributed by atoms with van der Waals surface area (Å²) in [7, 11) is 2.01. The number of hydrogen-bond donors (Lipinski definition) is 1. The molecule has 2 rings (SSSR count). The highest BCUT2D eigenvalue weighted by molar-refractivity contribution is 6.00. The first kappa shape index (κ1) is 14.2. The maximum atomic E-state index is 12.5. The van der Waals surface area contributed by atoms with Crippen LogP contribution in [0.25, 0.3) is 0 Å². The number of aliphatic hydroxyl groups is 1. The summed E-state index contributed by atoms with van der Waals surface area (Å²) in [5.41, 5.74) is 0.787. The standard InChI is InChI=1S/C16H23NO2/c1-3-15(16(19)13-7-5-4-6-8-13)17(2)11-12-9-14(18)10-12/h4-8,12,14-15,18H,3,9-11H2,1-2H3. The molecule has 1 atom stereocenters. The molecule has 0 spiro atoms. The average Bonchev–Trinajstić information content (AvgIpc) is 2.38. The van der Waals surface area contributed by atoms with Crippen LogP contribution >= 0.6 is 0 Å². The molecule has 1 saturated carbocycles. The predicted octanol–water partition coefficient (Wildman–Crippen LogP) is 2.35. The van der Waals surface area contributed by atoms with Gasteiger partial charge >= 0.3 is 0 Å². The van der Waals surface area contributed by atoms with Crippen molar-refractivity contribution in [2.24, 2.45) is 5.92 Å². The predicted molar refractivity (Wildman–Crippen MR) is 76.2 cm³/mol. The van der Waals surface area contributed by atoms with Crippen molar-refractivity contribution in [2.45, 2.75) is 38.3 Å². The van der Waals surface area contributed by atoms with Crippen LogP contribution < -0.4 is 0 Å². The van der Waals surface area contributed by atoms with Crippen molar-refractivity contribution >= 4 is 5.78 Å². The van der Waals surface area contributed by atoms with Crippen LogP contribution in [-0.4, -0.2) is 41.5 Å². The van der Waals surface area contributed by atoms with E-state index in [0.29, 0.717) is 5.92 Å². The van der Waals surface area contributed by atoms with Crippen molar-refractivity contribution in [3.8, 4) is 0 Å². The van der Waals surface area contributed by atoms with Crippen molar-refractivity contribution in [2.75, 3.05) is 13.6 Å². The van der Waals surface area contributed by atoms with Crippen LogP contribution in [0.1, 0.15) is 36.5 Å². The maximum absolute atomic E-state index is 12.5. The fraction of sp³-hybridized carbons (Fsp3) is 0.562. The molecule has 0 saturated heterocycles. The van der Waals surface area contributed by atoms with Gasteiger partial charge in [-0.15, -0.1) is 0 Å². The lowest BCUT2D eigenvalue weighted by Gasteiger charge is -2.36. The Bertz CT molecular complexity index is 412. The molecule has 104 valence electrons. The number of ketones is 1. The first-order valence-electron chi connectivity index (χ1n) is 7.09. The van der Waals surface area contributed by atoms with Crippen LogP contribution in [0.15, 0.2) is 30.3 Å². The first-order valence-corrected chi connectivity index (χ1v) is 7.09. The molecule has 19 heavy (non-hydrogen) atoms. The lowest BCUT2D eigenvalue weighted by Crippen LogP contribution is -2.44. The fourth-order valence-electron chi connectivity index (χ4n) is 2.88. The second-order valence-electron chi connectivity index (χ2n) is 5.59. The highest BCUT2D eigenvalue weighted by Crippen LogP contribution is 2.28. The van der Waals surface area contributed by atoms with Crippen molar-refractivity contribution in [3.05, 3.63) is 35.9 Å². The Kier molecular flexibility index (Phi) is 4.72. The van der Waals surface area contributed by atoms with E-state index in [1.807, 2.05) is 37.4 Å². The molecular weight excluding hydrogens is 238 g/mol. The molecule has 1 aliphatic carbocycles. The molecule has 1 aromatic carbocycles. The van der Waals surface area contributed by atoms with E-state index >= 15 is 0 Å². The number of carbonyl (C=O) groups is 1. The molecule has 3 heteroatoms. The zero-order chi connectivity index (χ0) is 13.8. The van der Waals surface area contributed by atoms with Gasteiger partial charge in [-0.2, -0.15) is 0 Å². The number of Topliss-reactive ketones (excluding diaryl/α,β-unsaturated/α-hetero) is 1. The number of benzene rings is 1. The van der Waals surface area contributed by atoms with Crippen LogP contribution in [0.5, 0.6) is 0 Å². The van der Waals surface area contributed by atoms with Gasteiger partial charge in [0.1, 0.15) is 0 Å². The monoisotopic (exact) mass is 261 g/mol. The third-order valence-electron chi connectivity index (χ3n) is 4.04. The third kappa shape index (κ3) is 3.43. The molecule has 0 aromatic heterocycles. The Morgan fingerprint density at radius 1 is 1.37 bits per heavy atom. The van der Waals surface area contributed by atoms with Gasteiger partial charge in [0.05, 0.1) is 12.1 Å². The molecule has 3 nitrogen and oxygen atoms in total. The number of likely N-dealkylation sites (N-methyl/N-ethyl adjacent to an activating group) is 1. The summed E-state index contributed by atoms with van der Waals surface area (Å²) in [6, 6.07) is 9.44. The van der Waals surface area contributed by atoms with E-state index in [-0.39, 0.29) is 17.9 Å². The number of aliphatic hydroxyl groups excluding tert-OH is 1. The minimum Gasteiger partial charge on any atom is -0.393 e. The maximum Gasteiger partial charge on any atom is 0.179 e. The summed E-state index contributed by atoms with van der Waals surface area (Å²) in [6.07, 6.45) is 2.45. The molecule has 1 fully saturated rings. The number of hydrogen-bond acceptors (Lipinski definition) is 3. The molecule has 0 radical (unpaired) electrons. The average molecular weight is 261 g/mol. The lowest BCUT2D eigenvalue weighted by molar-refractivity contribution is 0.0220. The van der Waals surface area contributed by atoms with E-state index < -0.39 is 0 Å². The first-order chi connectivity index (χ1) is 9.11. The van der Waals surface area contributed by atoms with Gasteiger partial charge in [0.25, 0.3) is 0 Å². The van der Waals surface area contributed by atoms with E-state index in [2.05, 4.69) is 11.8 Å². The van der Waals surface area contributed by atoms with Crippen LogP contribution in [-0.2, 0) is 0 Å². The van der Waals surface area contributed by atoms with Crippen LogP contribution in [0.4, 0.5) is 0 Å². The highest BCUT2D eigenvalue weighted by atomic mass is 16.3. The minimum atomic E-state index is -0.122. The molecule has 0 aliphatic heterocycles. The molecule has 0 amide bonds. The Labute approximate surface area is 115 Å². The zero-order valence-corrected chi connectivity index (χ0v) is 11.7. The van der Waals surface area contributed by atoms with E-state index in [1.54, 1.807) is 0 Å². The van der Waals surface area contributed by atoms with Gasteiger partial charge in [0.2, 0.25) is 0 Å². The summed E-state index contributed by atoms with van der Waals surface area (Å²) in [4.78, 5) is 14.6. The Hall–Kier alpha value is -1.19. The number of carbonyl (C=O) groups excluding carboxylic acids is 1. The Morgan fingerprint density at radius 2 is 2.00 bits per heavy atom. The minimum absolute atomic E-state index is 0.0554. The van der Waals surface area contributed by atoms with Gasteiger partial charge in [-0.25, -0.2) is 0 Å². The second-order valence-corrected chi connectivity index (χ2v) is 5.59. The van der Waals surface area contributed by atoms with Crippen LogP contribution in [0, 0.1) is 5.92 Å². The van der Waals surface area contributed by atoms with Gasteiger partial charge < -0.3 is 5.11 Å². The van der Waals surface area contributed by atoms with Crippen molar-refractivity contribution in [1.29, 1.82) is 0 Å². The van der Waals surface area contributed by atoms with Gasteiger partial charge in [0, 0.05) is 12.1 Å². The summed E-state index contributed by atoms with van der Waals surface area (Å²) < 4.78 is 0. The summed E-state index contributed by atoms with van der Waals surface area (Å²) in [5, 5.41) is 9.33. The Balaban J connectivity index is 1.97. The van der Waals surface area contributed by atoms with E-state index in [0.717, 1.165) is 31.4 Å². The van der Waals surface area contributed by atoms with Gasteiger partial charge in [-0.1, -0.05) is 37.3 Å². The number of nitrogens with zero attached hydrogens (tertiary/aromatic N) is 1.